The van der Waals surface area contributed by atoms with E-state index in [1.54, 1.807) is 6.08 Å². The minimum atomic E-state index is 0.420. The lowest BCUT2D eigenvalue weighted by Crippen LogP contribution is -2.33. The number of hydrazine groups is 1. The van der Waals surface area contributed by atoms with Crippen LogP contribution in [0.4, 0.5) is 0 Å². The normalized spacial score (nSPS) is 16.4. The summed E-state index contributed by atoms with van der Waals surface area (Å²) in [6, 6.07) is 0. The van der Waals surface area contributed by atoms with E-state index >= 15 is 0 Å². The van der Waals surface area contributed by atoms with Crippen molar-refractivity contribution in [3.63, 3.8) is 0 Å². The van der Waals surface area contributed by atoms with Crippen molar-refractivity contribution < 1.29 is 9.53 Å². The highest BCUT2D eigenvalue weighted by Crippen LogP contribution is 2.11. The van der Waals surface area contributed by atoms with Crippen molar-refractivity contribution in [3.8, 4) is 0 Å². The maximum Gasteiger partial charge on any atom is 0.216 e. The summed E-state index contributed by atoms with van der Waals surface area (Å²) < 4.78 is 5.55. The van der Waals surface area contributed by atoms with Gasteiger partial charge in [-0.15, -0.1) is 0 Å². The average Bonchev–Trinajstić information content (AvgIpc) is 2.04. The van der Waals surface area contributed by atoms with Crippen LogP contribution in [0.25, 0.3) is 0 Å². The largest absolute Gasteiger partial charge is 0.481 e. The van der Waals surface area contributed by atoms with Gasteiger partial charge in [0, 0.05) is 0 Å². The third-order valence-corrected chi connectivity index (χ3v) is 1.60. The summed E-state index contributed by atoms with van der Waals surface area (Å²) >= 11 is 3.17. The molecule has 0 bridgehead atoms. The SMILES string of the molecule is COC1=C(C=O)C=C(Br)NN1. The second-order valence-corrected chi connectivity index (χ2v) is 2.70. The molecule has 1 rings (SSSR count). The number of allylic oxidation sites excluding steroid dienone is 2. The first-order valence-electron chi connectivity index (χ1n) is 2.90. The molecule has 0 aliphatic carbocycles. The number of carbonyl (C=O) groups excluding carboxylic acids is 1. The van der Waals surface area contributed by atoms with Crippen molar-refractivity contribution in [1.29, 1.82) is 0 Å². The number of hydrogen-bond donors (Lipinski definition) is 2. The molecule has 0 spiro atoms. The monoisotopic (exact) mass is 218 g/mol. The van der Waals surface area contributed by atoms with Crippen LogP contribution in [0.15, 0.2) is 22.1 Å². The zero-order valence-corrected chi connectivity index (χ0v) is 7.44. The molecule has 1 heterocycles. The molecule has 0 unspecified atom stereocenters. The third kappa shape index (κ3) is 1.74. The quantitative estimate of drug-likeness (QED) is 0.521. The maximum atomic E-state index is 10.4. The van der Waals surface area contributed by atoms with Crippen LogP contribution in [-0.2, 0) is 9.53 Å². The van der Waals surface area contributed by atoms with Crippen LogP contribution < -0.4 is 10.9 Å². The number of ether oxygens (including phenoxy) is 1. The van der Waals surface area contributed by atoms with Crippen molar-refractivity contribution in [2.45, 2.75) is 0 Å². The number of methoxy groups -OCH3 is 1. The number of rotatable bonds is 2. The molecule has 60 valence electrons. The van der Waals surface area contributed by atoms with E-state index in [9.17, 15) is 4.79 Å². The van der Waals surface area contributed by atoms with Crippen LogP contribution in [0, 0.1) is 0 Å². The third-order valence-electron chi connectivity index (χ3n) is 1.17. The van der Waals surface area contributed by atoms with Gasteiger partial charge in [-0.25, -0.2) is 0 Å². The lowest BCUT2D eigenvalue weighted by Gasteiger charge is -2.16. The van der Waals surface area contributed by atoms with Gasteiger partial charge in [0.25, 0.3) is 0 Å². The summed E-state index contributed by atoms with van der Waals surface area (Å²) in [4.78, 5) is 10.4. The van der Waals surface area contributed by atoms with Gasteiger partial charge < -0.3 is 4.74 Å². The topological polar surface area (TPSA) is 50.4 Å². The van der Waals surface area contributed by atoms with Gasteiger partial charge in [-0.1, -0.05) is 0 Å². The highest BCUT2D eigenvalue weighted by Gasteiger charge is 2.09. The average molecular weight is 219 g/mol. The molecule has 5 heteroatoms. The van der Waals surface area contributed by atoms with Crippen molar-refractivity contribution >= 4 is 22.2 Å². The number of carbonyl (C=O) groups is 1. The zero-order valence-electron chi connectivity index (χ0n) is 5.85. The number of hydrogen-bond acceptors (Lipinski definition) is 4. The van der Waals surface area contributed by atoms with Crippen LogP contribution in [0.1, 0.15) is 0 Å². The van der Waals surface area contributed by atoms with E-state index in [0.717, 1.165) is 0 Å². The Morgan fingerprint density at radius 2 is 2.36 bits per heavy atom. The Morgan fingerprint density at radius 1 is 1.64 bits per heavy atom. The van der Waals surface area contributed by atoms with E-state index in [1.807, 2.05) is 0 Å². The van der Waals surface area contributed by atoms with Crippen molar-refractivity contribution in [3.05, 3.63) is 22.1 Å². The smallest absolute Gasteiger partial charge is 0.216 e. The van der Waals surface area contributed by atoms with Gasteiger partial charge in [0.05, 0.1) is 17.3 Å². The predicted molar refractivity (Wildman–Crippen MR) is 43.4 cm³/mol. The number of halogens is 1. The maximum absolute atomic E-state index is 10.4. The molecule has 0 aromatic rings. The second kappa shape index (κ2) is 3.43. The summed E-state index contributed by atoms with van der Waals surface area (Å²) in [5, 5.41) is 0. The number of nitrogens with one attached hydrogen (secondary N) is 2. The Kier molecular flexibility index (Phi) is 2.53. The molecule has 0 atom stereocenters. The molecule has 0 saturated carbocycles. The van der Waals surface area contributed by atoms with Crippen molar-refractivity contribution in [1.82, 2.24) is 10.9 Å². The summed E-state index contributed by atoms with van der Waals surface area (Å²) in [5.74, 6) is 0.420. The highest BCUT2D eigenvalue weighted by atomic mass is 79.9. The Bertz CT molecular complexity index is 235. The fourth-order valence-corrected chi connectivity index (χ4v) is 1.03. The fraction of sp³-hybridized carbons (Fsp3) is 0.167. The van der Waals surface area contributed by atoms with Gasteiger partial charge in [-0.3, -0.25) is 15.6 Å². The molecule has 0 aromatic carbocycles. The van der Waals surface area contributed by atoms with Gasteiger partial charge in [-0.05, 0) is 22.0 Å². The summed E-state index contributed by atoms with van der Waals surface area (Å²) in [6.07, 6.45) is 2.34. The van der Waals surface area contributed by atoms with E-state index < -0.39 is 0 Å². The molecule has 0 fully saturated rings. The lowest BCUT2D eigenvalue weighted by atomic mass is 10.3. The van der Waals surface area contributed by atoms with Gasteiger partial charge in [0.1, 0.15) is 0 Å². The molecule has 1 aliphatic rings. The van der Waals surface area contributed by atoms with E-state index in [0.29, 0.717) is 22.3 Å². The first-order valence-corrected chi connectivity index (χ1v) is 3.70. The van der Waals surface area contributed by atoms with Crippen LogP contribution in [0.2, 0.25) is 0 Å². The van der Waals surface area contributed by atoms with Crippen LogP contribution in [-0.4, -0.2) is 13.4 Å². The molecular weight excluding hydrogens is 212 g/mol. The summed E-state index contributed by atoms with van der Waals surface area (Å²) in [7, 11) is 1.49. The van der Waals surface area contributed by atoms with E-state index in [-0.39, 0.29) is 0 Å². The highest BCUT2D eigenvalue weighted by molar-refractivity contribution is 9.11. The standard InChI is InChI=1S/C6H7BrN2O2/c1-11-6-4(3-10)2-5(7)8-9-6/h2-3,8-9H,1H3. The summed E-state index contributed by atoms with van der Waals surface area (Å²) in [6.45, 7) is 0. The van der Waals surface area contributed by atoms with Crippen molar-refractivity contribution in [2.75, 3.05) is 7.11 Å². The first kappa shape index (κ1) is 8.13. The first-order chi connectivity index (χ1) is 5.27. The van der Waals surface area contributed by atoms with Crippen LogP contribution >= 0.6 is 15.9 Å². The minimum absolute atomic E-state index is 0.420. The Balaban J connectivity index is 2.92. The molecule has 4 nitrogen and oxygen atoms in total. The van der Waals surface area contributed by atoms with E-state index in [2.05, 4.69) is 26.8 Å². The Hall–Kier alpha value is -0.970. The van der Waals surface area contributed by atoms with Gasteiger partial charge in [0.15, 0.2) is 6.29 Å². The number of aldehydes is 1. The zero-order chi connectivity index (χ0) is 8.27. The Morgan fingerprint density at radius 3 is 2.91 bits per heavy atom. The van der Waals surface area contributed by atoms with Gasteiger partial charge in [-0.2, -0.15) is 0 Å². The van der Waals surface area contributed by atoms with E-state index in [4.69, 9.17) is 4.74 Å². The second-order valence-electron chi connectivity index (χ2n) is 1.85. The lowest BCUT2D eigenvalue weighted by molar-refractivity contribution is -0.104. The molecule has 0 amide bonds. The molecule has 2 N–H and O–H groups in total. The Labute approximate surface area is 72.4 Å². The molecule has 0 saturated heterocycles. The predicted octanol–water partition coefficient (Wildman–Crippen LogP) is 0.387. The van der Waals surface area contributed by atoms with Crippen molar-refractivity contribution in [2.24, 2.45) is 0 Å². The molecule has 1 aliphatic heterocycles. The molecule has 0 aromatic heterocycles. The van der Waals surface area contributed by atoms with Crippen LogP contribution in [0.3, 0.4) is 0 Å². The minimum Gasteiger partial charge on any atom is -0.481 e. The molecular formula is C6H7BrN2O2. The van der Waals surface area contributed by atoms with Crippen LogP contribution in [0.5, 0.6) is 0 Å². The van der Waals surface area contributed by atoms with E-state index in [1.165, 1.54) is 7.11 Å². The molecule has 11 heavy (non-hydrogen) atoms. The molecule has 0 radical (unpaired) electrons. The fourth-order valence-electron chi connectivity index (χ4n) is 0.683. The van der Waals surface area contributed by atoms with Gasteiger partial charge >= 0.3 is 0 Å². The van der Waals surface area contributed by atoms with Gasteiger partial charge in [0.2, 0.25) is 5.88 Å². The summed E-state index contributed by atoms with van der Waals surface area (Å²) in [5.41, 5.74) is 5.88.